The van der Waals surface area contributed by atoms with Crippen LogP contribution in [0.5, 0.6) is 0 Å². The molecule has 0 aromatic carbocycles. The maximum atomic E-state index is 13.3. The van der Waals surface area contributed by atoms with Gasteiger partial charge >= 0.3 is 0 Å². The van der Waals surface area contributed by atoms with Crippen LogP contribution >= 0.6 is 0 Å². The van der Waals surface area contributed by atoms with Gasteiger partial charge in [0.05, 0.1) is 11.8 Å². The van der Waals surface area contributed by atoms with E-state index in [0.29, 0.717) is 32.5 Å². The molecule has 3 heterocycles. The van der Waals surface area contributed by atoms with Crippen LogP contribution in [0.1, 0.15) is 58.8 Å². The summed E-state index contributed by atoms with van der Waals surface area (Å²) in [5.41, 5.74) is 2.47. The smallest absolute Gasteiger partial charge is 0.216 e. The molecular weight excluding hydrogens is 376 g/mol. The summed E-state index contributed by atoms with van der Waals surface area (Å²) in [5.74, 6) is 0.999. The second kappa shape index (κ2) is 5.98. The zero-order valence-corrected chi connectivity index (χ0v) is 17.4. The third-order valence-corrected chi connectivity index (χ3v) is 9.39. The monoisotopic (exact) mass is 404 g/mol. The van der Waals surface area contributed by atoms with E-state index in [1.165, 1.54) is 0 Å². The van der Waals surface area contributed by atoms with E-state index in [2.05, 4.69) is 29.4 Å². The number of hydrogen-bond donors (Lipinski definition) is 1. The zero-order chi connectivity index (χ0) is 19.7. The topological polar surface area (TPSA) is 91.2 Å². The van der Waals surface area contributed by atoms with Crippen LogP contribution in [0.3, 0.4) is 0 Å². The molecule has 1 N–H and O–H groups in total. The molecule has 5 aliphatic rings. The van der Waals surface area contributed by atoms with Gasteiger partial charge in [0.1, 0.15) is 0 Å². The quantitative estimate of drug-likeness (QED) is 0.766. The first-order chi connectivity index (χ1) is 13.2. The molecule has 152 valence electrons. The van der Waals surface area contributed by atoms with E-state index in [-0.39, 0.29) is 16.4 Å². The van der Waals surface area contributed by atoms with Crippen LogP contribution in [-0.4, -0.2) is 43.4 Å². The highest BCUT2D eigenvalue weighted by Crippen LogP contribution is 2.55. The van der Waals surface area contributed by atoms with Crippen molar-refractivity contribution in [2.75, 3.05) is 19.6 Å². The molecule has 5 rings (SSSR count). The van der Waals surface area contributed by atoms with Crippen LogP contribution in [0, 0.1) is 10.8 Å². The number of azo groups is 1. The number of dihydropyridines is 1. The van der Waals surface area contributed by atoms with Gasteiger partial charge < -0.3 is 5.32 Å². The molecule has 7 nitrogen and oxygen atoms in total. The minimum Gasteiger partial charge on any atom is -0.342 e. The molecule has 28 heavy (non-hydrogen) atoms. The van der Waals surface area contributed by atoms with E-state index in [0.717, 1.165) is 54.8 Å². The largest absolute Gasteiger partial charge is 0.342 e. The van der Waals surface area contributed by atoms with Crippen molar-refractivity contribution in [1.29, 1.82) is 0 Å². The summed E-state index contributed by atoms with van der Waals surface area (Å²) in [7, 11) is -3.20. The summed E-state index contributed by atoms with van der Waals surface area (Å²) in [4.78, 5) is 13.3. The van der Waals surface area contributed by atoms with Gasteiger partial charge in [-0.3, -0.25) is 4.79 Å². The number of carbonyl (C=O) groups is 1. The van der Waals surface area contributed by atoms with Gasteiger partial charge in [-0.2, -0.15) is 5.11 Å². The van der Waals surface area contributed by atoms with Gasteiger partial charge in [0.15, 0.2) is 11.6 Å². The second-order valence-corrected chi connectivity index (χ2v) is 11.9. The minimum absolute atomic E-state index is 0.0794. The molecule has 1 spiro atoms. The molecule has 3 aliphatic heterocycles. The van der Waals surface area contributed by atoms with Gasteiger partial charge in [0, 0.05) is 41.8 Å². The first-order valence-electron chi connectivity index (χ1n) is 10.4. The van der Waals surface area contributed by atoms with Crippen molar-refractivity contribution < 1.29 is 13.2 Å². The highest BCUT2D eigenvalue weighted by molar-refractivity contribution is 7.90. The molecule has 0 aromatic rings. The Hall–Kier alpha value is -1.54. The summed E-state index contributed by atoms with van der Waals surface area (Å²) >= 11 is 0. The Morgan fingerprint density at radius 3 is 2.68 bits per heavy atom. The lowest BCUT2D eigenvalue weighted by Crippen LogP contribution is -2.44. The summed E-state index contributed by atoms with van der Waals surface area (Å²) in [5, 5.41) is 11.8. The van der Waals surface area contributed by atoms with Gasteiger partial charge in [0.25, 0.3) is 0 Å². The Kier molecular flexibility index (Phi) is 3.95. The average molecular weight is 405 g/mol. The lowest BCUT2D eigenvalue weighted by molar-refractivity contribution is -0.119. The number of fused-ring (bicyclic) bond motifs is 2. The number of nitrogens with zero attached hydrogens (tertiary/aromatic N) is 3. The predicted octanol–water partition coefficient (Wildman–Crippen LogP) is 2.87. The van der Waals surface area contributed by atoms with E-state index in [4.69, 9.17) is 0 Å². The van der Waals surface area contributed by atoms with Crippen molar-refractivity contribution in [2.24, 2.45) is 21.1 Å². The van der Waals surface area contributed by atoms with E-state index in [1.54, 1.807) is 4.31 Å². The highest BCUT2D eigenvalue weighted by Gasteiger charge is 2.52. The number of ketones is 1. The van der Waals surface area contributed by atoms with Gasteiger partial charge in [-0.25, -0.2) is 12.7 Å². The molecule has 2 aliphatic carbocycles. The van der Waals surface area contributed by atoms with Gasteiger partial charge in [0.2, 0.25) is 10.0 Å². The summed E-state index contributed by atoms with van der Waals surface area (Å²) in [6, 6.07) is 0. The molecule has 8 heteroatoms. The zero-order valence-electron chi connectivity index (χ0n) is 16.6. The molecule has 0 amide bonds. The number of sulfonamides is 1. The van der Waals surface area contributed by atoms with Crippen LogP contribution in [0.2, 0.25) is 0 Å². The maximum absolute atomic E-state index is 13.3. The van der Waals surface area contributed by atoms with E-state index in [9.17, 15) is 13.2 Å². The Balaban J connectivity index is 1.55. The van der Waals surface area contributed by atoms with Crippen molar-refractivity contribution in [3.63, 3.8) is 0 Å². The van der Waals surface area contributed by atoms with Crippen LogP contribution < -0.4 is 5.32 Å². The lowest BCUT2D eigenvalue weighted by atomic mass is 9.60. The predicted molar refractivity (Wildman–Crippen MR) is 105 cm³/mol. The van der Waals surface area contributed by atoms with Crippen molar-refractivity contribution in [2.45, 2.75) is 64.0 Å². The van der Waals surface area contributed by atoms with Crippen LogP contribution in [-0.2, 0) is 14.8 Å². The summed E-state index contributed by atoms with van der Waals surface area (Å²) in [6.07, 6.45) is 5.11. The third kappa shape index (κ3) is 2.71. The molecule has 0 aromatic heterocycles. The molecule has 1 atom stereocenters. The fraction of sp³-hybridized carbons (Fsp3) is 0.750. The number of rotatable bonds is 2. The van der Waals surface area contributed by atoms with Gasteiger partial charge in [-0.15, -0.1) is 5.11 Å². The maximum Gasteiger partial charge on any atom is 0.216 e. The van der Waals surface area contributed by atoms with E-state index < -0.39 is 15.4 Å². The highest BCUT2D eigenvalue weighted by atomic mass is 32.2. The first kappa shape index (κ1) is 18.5. The summed E-state index contributed by atoms with van der Waals surface area (Å²) in [6.45, 7) is 5.78. The summed E-state index contributed by atoms with van der Waals surface area (Å²) < 4.78 is 27.3. The molecule has 2 fully saturated rings. The molecule has 0 radical (unpaired) electrons. The number of nitrogens with one attached hydrogen (secondary N) is 1. The molecular formula is C20H28N4O3S. The number of carbonyl (C=O) groups excluding carboxylic acids is 1. The van der Waals surface area contributed by atoms with Crippen molar-refractivity contribution in [3.05, 3.63) is 22.7 Å². The van der Waals surface area contributed by atoms with E-state index in [1.807, 2.05) is 0 Å². The molecule has 1 saturated heterocycles. The molecule has 0 bridgehead atoms. The Morgan fingerprint density at radius 1 is 1.14 bits per heavy atom. The Bertz CT molecular complexity index is 942. The Labute approximate surface area is 166 Å². The van der Waals surface area contributed by atoms with Crippen LogP contribution in [0.4, 0.5) is 0 Å². The first-order valence-corrected chi connectivity index (χ1v) is 11.9. The second-order valence-electron chi connectivity index (χ2n) is 9.73. The SMILES string of the molecule is CC1(C)CC(=O)C2=C(C1)NC1=C(CN=N1)[C@]21CCCN(S(=O)(=O)C2CC2)CC1. The van der Waals surface area contributed by atoms with Gasteiger partial charge in [-0.05, 0) is 43.9 Å². The van der Waals surface area contributed by atoms with Gasteiger partial charge in [-0.1, -0.05) is 13.8 Å². The molecule has 0 unspecified atom stereocenters. The van der Waals surface area contributed by atoms with Crippen LogP contribution in [0.15, 0.2) is 32.9 Å². The fourth-order valence-corrected chi connectivity index (χ4v) is 7.44. The molecule has 1 saturated carbocycles. The number of hydrogen-bond acceptors (Lipinski definition) is 6. The number of allylic oxidation sites excluding steroid dienone is 2. The van der Waals surface area contributed by atoms with Crippen molar-refractivity contribution in [1.82, 2.24) is 9.62 Å². The third-order valence-electron chi connectivity index (χ3n) is 6.99. The average Bonchev–Trinajstić information content (AvgIpc) is 3.38. The van der Waals surface area contributed by atoms with E-state index >= 15 is 0 Å². The Morgan fingerprint density at radius 2 is 1.93 bits per heavy atom. The number of Topliss-reactive ketones (excluding diaryl/α,β-unsaturated/α-hetero) is 1. The lowest BCUT2D eigenvalue weighted by Gasteiger charge is -2.45. The standard InChI is InChI=1S/C20H28N4O3S/c1-19(2)10-15-17(16(25)11-19)20(14-12-21-23-18(14)22-15)6-3-8-24(9-7-20)28(26,27)13-4-5-13/h13,22H,3-12H2,1-2H3/t20-/m1/s1. The van der Waals surface area contributed by atoms with Crippen molar-refractivity contribution >= 4 is 15.8 Å². The van der Waals surface area contributed by atoms with Crippen molar-refractivity contribution in [3.8, 4) is 0 Å². The fourth-order valence-electron chi connectivity index (χ4n) is 5.56. The van der Waals surface area contributed by atoms with Crippen LogP contribution in [0.25, 0.3) is 0 Å². The normalized spacial score (nSPS) is 33.0. The minimum atomic E-state index is -3.20.